The molecule has 2 rings (SSSR count). The average molecular weight is 250 g/mol. The van der Waals surface area contributed by atoms with E-state index in [1.807, 2.05) is 41.2 Å². The molecule has 1 aromatic heterocycles. The molecule has 0 aliphatic rings. The highest BCUT2D eigenvalue weighted by molar-refractivity contribution is 6.30. The molecule has 0 radical (unpaired) electrons. The Morgan fingerprint density at radius 1 is 1.35 bits per heavy atom. The molecule has 0 saturated heterocycles. The van der Waals surface area contributed by atoms with Crippen LogP contribution in [0.4, 0.5) is 0 Å². The standard InChI is InChI=1S/C13H16ClN3/c1-10(2)15-9-12-6-7-17(16-12)13-5-3-4-11(14)8-13/h3-8,10,15H,9H2,1-2H3. The van der Waals surface area contributed by atoms with Crippen LogP contribution in [0.1, 0.15) is 19.5 Å². The van der Waals surface area contributed by atoms with Gasteiger partial charge in [-0.25, -0.2) is 4.68 Å². The molecular formula is C13H16ClN3. The lowest BCUT2D eigenvalue weighted by molar-refractivity contribution is 0.578. The maximum absolute atomic E-state index is 5.95. The van der Waals surface area contributed by atoms with Gasteiger partial charge in [0.15, 0.2) is 0 Å². The Balaban J connectivity index is 2.12. The van der Waals surface area contributed by atoms with E-state index in [0.29, 0.717) is 6.04 Å². The Bertz CT molecular complexity index is 491. The second-order valence-corrected chi connectivity index (χ2v) is 4.70. The first-order valence-electron chi connectivity index (χ1n) is 5.69. The number of aromatic nitrogens is 2. The van der Waals surface area contributed by atoms with Crippen LogP contribution in [0.3, 0.4) is 0 Å². The zero-order valence-electron chi connectivity index (χ0n) is 10.0. The van der Waals surface area contributed by atoms with Crippen molar-refractivity contribution < 1.29 is 0 Å². The summed E-state index contributed by atoms with van der Waals surface area (Å²) in [6.45, 7) is 5.02. The van der Waals surface area contributed by atoms with Crippen LogP contribution in [0.25, 0.3) is 5.69 Å². The molecule has 2 aromatic rings. The first-order valence-corrected chi connectivity index (χ1v) is 6.07. The predicted octanol–water partition coefficient (Wildman–Crippen LogP) is 3.02. The summed E-state index contributed by atoms with van der Waals surface area (Å²) in [5, 5.41) is 8.55. The summed E-state index contributed by atoms with van der Waals surface area (Å²) in [4.78, 5) is 0. The van der Waals surface area contributed by atoms with Crippen molar-refractivity contribution in [3.05, 3.63) is 47.2 Å². The van der Waals surface area contributed by atoms with Crippen LogP contribution in [0.5, 0.6) is 0 Å². The molecule has 1 aromatic carbocycles. The smallest absolute Gasteiger partial charge is 0.0766 e. The molecule has 17 heavy (non-hydrogen) atoms. The minimum absolute atomic E-state index is 0.464. The van der Waals surface area contributed by atoms with Gasteiger partial charge in [0, 0.05) is 23.8 Å². The third-order valence-corrected chi connectivity index (χ3v) is 2.64. The van der Waals surface area contributed by atoms with E-state index < -0.39 is 0 Å². The van der Waals surface area contributed by atoms with Gasteiger partial charge in [0.05, 0.1) is 11.4 Å². The molecule has 0 aliphatic heterocycles. The summed E-state index contributed by atoms with van der Waals surface area (Å²) in [6.07, 6.45) is 1.95. The fourth-order valence-electron chi connectivity index (χ4n) is 1.53. The quantitative estimate of drug-likeness (QED) is 0.903. The number of hydrogen-bond acceptors (Lipinski definition) is 2. The first kappa shape index (κ1) is 12.1. The fraction of sp³-hybridized carbons (Fsp3) is 0.308. The SMILES string of the molecule is CC(C)NCc1ccn(-c2cccc(Cl)c2)n1. The highest BCUT2D eigenvalue weighted by Gasteiger charge is 2.02. The highest BCUT2D eigenvalue weighted by Crippen LogP contribution is 2.14. The Hall–Kier alpha value is -1.32. The van der Waals surface area contributed by atoms with Crippen molar-refractivity contribution in [3.8, 4) is 5.69 Å². The molecule has 0 saturated carbocycles. The molecule has 0 fully saturated rings. The van der Waals surface area contributed by atoms with Gasteiger partial charge >= 0.3 is 0 Å². The maximum atomic E-state index is 5.95. The minimum atomic E-state index is 0.464. The Morgan fingerprint density at radius 3 is 2.88 bits per heavy atom. The van der Waals surface area contributed by atoms with Crippen molar-refractivity contribution in [1.29, 1.82) is 0 Å². The second kappa shape index (κ2) is 5.34. The van der Waals surface area contributed by atoms with E-state index in [4.69, 9.17) is 11.6 Å². The fourth-order valence-corrected chi connectivity index (χ4v) is 1.71. The van der Waals surface area contributed by atoms with Crippen molar-refractivity contribution in [2.24, 2.45) is 0 Å². The number of benzene rings is 1. The molecule has 0 amide bonds. The normalized spacial score (nSPS) is 11.1. The van der Waals surface area contributed by atoms with Crippen molar-refractivity contribution in [1.82, 2.24) is 15.1 Å². The number of halogens is 1. The van der Waals surface area contributed by atoms with E-state index in [9.17, 15) is 0 Å². The van der Waals surface area contributed by atoms with Crippen molar-refractivity contribution >= 4 is 11.6 Å². The molecule has 0 aliphatic carbocycles. The molecule has 1 heterocycles. The van der Waals surface area contributed by atoms with Gasteiger partial charge in [0.2, 0.25) is 0 Å². The monoisotopic (exact) mass is 249 g/mol. The summed E-state index contributed by atoms with van der Waals surface area (Å²) < 4.78 is 1.84. The Labute approximate surface area is 106 Å². The van der Waals surface area contributed by atoms with Gasteiger partial charge in [-0.2, -0.15) is 5.10 Å². The van der Waals surface area contributed by atoms with Crippen LogP contribution < -0.4 is 5.32 Å². The molecule has 0 bridgehead atoms. The van der Waals surface area contributed by atoms with Gasteiger partial charge in [0.1, 0.15) is 0 Å². The van der Waals surface area contributed by atoms with Gasteiger partial charge in [-0.15, -0.1) is 0 Å². The molecular weight excluding hydrogens is 234 g/mol. The van der Waals surface area contributed by atoms with Gasteiger partial charge in [-0.1, -0.05) is 31.5 Å². The predicted molar refractivity (Wildman–Crippen MR) is 70.5 cm³/mol. The molecule has 1 N–H and O–H groups in total. The van der Waals surface area contributed by atoms with Crippen LogP contribution in [0.15, 0.2) is 36.5 Å². The van der Waals surface area contributed by atoms with Gasteiger partial charge in [-0.05, 0) is 24.3 Å². The lowest BCUT2D eigenvalue weighted by atomic mass is 10.3. The summed E-state index contributed by atoms with van der Waals surface area (Å²) in [5.41, 5.74) is 2.01. The van der Waals surface area contributed by atoms with Crippen LogP contribution in [0, 0.1) is 0 Å². The first-order chi connectivity index (χ1) is 8.15. The van der Waals surface area contributed by atoms with Gasteiger partial charge < -0.3 is 5.32 Å². The molecule has 90 valence electrons. The summed E-state index contributed by atoms with van der Waals surface area (Å²) in [6, 6.07) is 10.1. The van der Waals surface area contributed by atoms with Crippen LogP contribution in [0.2, 0.25) is 5.02 Å². The van der Waals surface area contributed by atoms with Crippen molar-refractivity contribution in [2.75, 3.05) is 0 Å². The number of nitrogens with one attached hydrogen (secondary N) is 1. The van der Waals surface area contributed by atoms with Crippen LogP contribution in [-0.4, -0.2) is 15.8 Å². The van der Waals surface area contributed by atoms with Crippen molar-refractivity contribution in [2.45, 2.75) is 26.4 Å². The highest BCUT2D eigenvalue weighted by atomic mass is 35.5. The van der Waals surface area contributed by atoms with E-state index in [2.05, 4.69) is 24.3 Å². The zero-order chi connectivity index (χ0) is 12.3. The lowest BCUT2D eigenvalue weighted by Crippen LogP contribution is -2.22. The van der Waals surface area contributed by atoms with Gasteiger partial charge in [0.25, 0.3) is 0 Å². The summed E-state index contributed by atoms with van der Waals surface area (Å²) in [5.74, 6) is 0. The second-order valence-electron chi connectivity index (χ2n) is 4.27. The molecule has 0 spiro atoms. The molecule has 0 unspecified atom stereocenters. The number of rotatable bonds is 4. The van der Waals surface area contributed by atoms with E-state index in [1.54, 1.807) is 0 Å². The Morgan fingerprint density at radius 2 is 2.18 bits per heavy atom. The van der Waals surface area contributed by atoms with E-state index in [0.717, 1.165) is 22.9 Å². The number of nitrogens with zero attached hydrogens (tertiary/aromatic N) is 2. The third-order valence-electron chi connectivity index (χ3n) is 2.41. The Kier molecular flexibility index (Phi) is 3.82. The van der Waals surface area contributed by atoms with E-state index in [1.165, 1.54) is 0 Å². The zero-order valence-corrected chi connectivity index (χ0v) is 10.8. The van der Waals surface area contributed by atoms with Crippen molar-refractivity contribution in [3.63, 3.8) is 0 Å². The third kappa shape index (κ3) is 3.32. The molecule has 0 atom stereocenters. The maximum Gasteiger partial charge on any atom is 0.0766 e. The molecule has 3 nitrogen and oxygen atoms in total. The van der Waals surface area contributed by atoms with Gasteiger partial charge in [-0.3, -0.25) is 0 Å². The minimum Gasteiger partial charge on any atom is -0.309 e. The largest absolute Gasteiger partial charge is 0.309 e. The van der Waals surface area contributed by atoms with E-state index >= 15 is 0 Å². The topological polar surface area (TPSA) is 29.9 Å². The van der Waals surface area contributed by atoms with E-state index in [-0.39, 0.29) is 0 Å². The van der Waals surface area contributed by atoms with Crippen LogP contribution >= 0.6 is 11.6 Å². The summed E-state index contributed by atoms with van der Waals surface area (Å²) in [7, 11) is 0. The molecule has 4 heteroatoms. The average Bonchev–Trinajstić information content (AvgIpc) is 2.75. The number of hydrogen-bond donors (Lipinski definition) is 1. The lowest BCUT2D eigenvalue weighted by Gasteiger charge is -2.05. The summed E-state index contributed by atoms with van der Waals surface area (Å²) >= 11 is 5.95. The van der Waals surface area contributed by atoms with Crippen LogP contribution in [-0.2, 0) is 6.54 Å².